The molecule has 0 radical (unpaired) electrons. The monoisotopic (exact) mass is 560 g/mol. The average Bonchev–Trinajstić information content (AvgIpc) is 3.14. The van der Waals surface area contributed by atoms with E-state index in [0.717, 1.165) is 68.4 Å². The Kier molecular flexibility index (Phi) is 10.9. The molecule has 0 atom stereocenters. The number of nitrogens with zero attached hydrogens (tertiary/aromatic N) is 2. The van der Waals surface area contributed by atoms with Crippen LogP contribution >= 0.6 is 35.6 Å². The molecule has 1 aromatic carbocycles. The van der Waals surface area contributed by atoms with Crippen molar-refractivity contribution in [2.45, 2.75) is 38.6 Å². The number of fused-ring (bicyclic) bond motifs is 1. The summed E-state index contributed by atoms with van der Waals surface area (Å²) in [7, 11) is 1.80. The molecule has 4 N–H and O–H groups in total. The number of benzene rings is 1. The summed E-state index contributed by atoms with van der Waals surface area (Å²) in [5.74, 6) is 0.950. The van der Waals surface area contributed by atoms with E-state index in [1.54, 1.807) is 7.05 Å². The molecule has 1 saturated heterocycles. The summed E-state index contributed by atoms with van der Waals surface area (Å²) in [6.45, 7) is 5.94. The lowest BCUT2D eigenvalue weighted by Crippen LogP contribution is -2.50. The number of hydrogen-bond donors (Lipinski definition) is 4. The number of aromatic amines is 1. The second kappa shape index (κ2) is 13.1. The van der Waals surface area contributed by atoms with Crippen LogP contribution in [0.2, 0.25) is 5.02 Å². The molecule has 7 nitrogen and oxygen atoms in total. The van der Waals surface area contributed by atoms with Crippen molar-refractivity contribution in [1.29, 1.82) is 0 Å². The van der Waals surface area contributed by atoms with Crippen LogP contribution in [-0.4, -0.2) is 67.6 Å². The second-order valence-corrected chi connectivity index (χ2v) is 8.23. The van der Waals surface area contributed by atoms with Gasteiger partial charge in [-0.1, -0.05) is 18.5 Å². The van der Waals surface area contributed by atoms with E-state index in [1.165, 1.54) is 10.9 Å². The highest BCUT2D eigenvalue weighted by Crippen LogP contribution is 2.22. The number of amides is 1. The summed E-state index contributed by atoms with van der Waals surface area (Å²) in [5.41, 5.74) is 2.34. The van der Waals surface area contributed by atoms with E-state index in [4.69, 9.17) is 11.6 Å². The van der Waals surface area contributed by atoms with E-state index in [0.29, 0.717) is 12.6 Å². The minimum Gasteiger partial charge on any atom is -0.361 e. The van der Waals surface area contributed by atoms with Crippen molar-refractivity contribution in [3.05, 3.63) is 35.0 Å². The zero-order valence-corrected chi connectivity index (χ0v) is 21.4. The molecule has 1 aliphatic heterocycles. The molecule has 9 heteroatoms. The van der Waals surface area contributed by atoms with Gasteiger partial charge >= 0.3 is 0 Å². The molecule has 3 rings (SSSR count). The van der Waals surface area contributed by atoms with Gasteiger partial charge in [-0.25, -0.2) is 0 Å². The molecule has 1 aliphatic rings. The Morgan fingerprint density at radius 3 is 2.74 bits per heavy atom. The number of piperidine rings is 1. The number of aromatic nitrogens is 1. The third kappa shape index (κ3) is 7.84. The van der Waals surface area contributed by atoms with Crippen LogP contribution in [0.1, 0.15) is 31.7 Å². The summed E-state index contributed by atoms with van der Waals surface area (Å²) in [4.78, 5) is 21.8. The van der Waals surface area contributed by atoms with Crippen LogP contribution in [0.5, 0.6) is 0 Å². The first-order valence-electron chi connectivity index (χ1n) is 10.8. The molecular formula is C22H34ClIN6O. The number of carbonyl (C=O) groups is 1. The van der Waals surface area contributed by atoms with Gasteiger partial charge in [-0.05, 0) is 49.4 Å². The maximum absolute atomic E-state index is 11.9. The third-order valence-electron chi connectivity index (χ3n) is 5.51. The fourth-order valence-corrected chi connectivity index (χ4v) is 3.99. The molecule has 31 heavy (non-hydrogen) atoms. The standard InChI is InChI=1S/C22H33ClN6O.HI/c1-3-9-25-21(30)15-29-11-7-18(8-12-29)28-22(24-2)26-10-6-16-14-27-20-5-4-17(23)13-19(16)20;/h4-5,13-14,18,27H,3,6-12,15H2,1-2H3,(H,25,30)(H2,24,26,28);1H. The maximum Gasteiger partial charge on any atom is 0.234 e. The lowest BCUT2D eigenvalue weighted by Gasteiger charge is -2.32. The van der Waals surface area contributed by atoms with E-state index in [2.05, 4.69) is 37.8 Å². The summed E-state index contributed by atoms with van der Waals surface area (Å²) < 4.78 is 0. The molecule has 1 amide bonds. The first-order chi connectivity index (χ1) is 14.6. The van der Waals surface area contributed by atoms with Gasteiger partial charge < -0.3 is 20.9 Å². The van der Waals surface area contributed by atoms with Gasteiger partial charge in [-0.2, -0.15) is 0 Å². The third-order valence-corrected chi connectivity index (χ3v) is 5.74. The maximum atomic E-state index is 11.9. The van der Waals surface area contributed by atoms with Crippen molar-refractivity contribution in [2.75, 3.05) is 39.8 Å². The quantitative estimate of drug-likeness (QED) is 0.227. The predicted molar refractivity (Wildman–Crippen MR) is 140 cm³/mol. The number of aliphatic imine (C=N–C) groups is 1. The molecule has 2 aromatic rings. The molecule has 172 valence electrons. The molecule has 0 unspecified atom stereocenters. The number of guanidine groups is 1. The topological polar surface area (TPSA) is 84.6 Å². The van der Waals surface area contributed by atoms with Gasteiger partial charge in [0.05, 0.1) is 6.54 Å². The summed E-state index contributed by atoms with van der Waals surface area (Å²) in [5, 5.41) is 11.8. The summed E-state index contributed by atoms with van der Waals surface area (Å²) in [6, 6.07) is 6.29. The Bertz CT molecular complexity index is 863. The smallest absolute Gasteiger partial charge is 0.234 e. The van der Waals surface area contributed by atoms with Gasteiger partial charge in [0.1, 0.15) is 0 Å². The summed E-state index contributed by atoms with van der Waals surface area (Å²) >= 11 is 6.14. The Balaban J connectivity index is 0.00000341. The van der Waals surface area contributed by atoms with Crippen LogP contribution in [0.4, 0.5) is 0 Å². The van der Waals surface area contributed by atoms with E-state index >= 15 is 0 Å². The van der Waals surface area contributed by atoms with Crippen molar-refractivity contribution >= 4 is 58.3 Å². The second-order valence-electron chi connectivity index (χ2n) is 7.80. The van der Waals surface area contributed by atoms with E-state index < -0.39 is 0 Å². The highest BCUT2D eigenvalue weighted by atomic mass is 127. The van der Waals surface area contributed by atoms with Crippen molar-refractivity contribution in [1.82, 2.24) is 25.8 Å². The first kappa shape index (κ1) is 25.7. The minimum atomic E-state index is 0. The Morgan fingerprint density at radius 2 is 2.03 bits per heavy atom. The first-order valence-corrected chi connectivity index (χ1v) is 11.2. The number of rotatable bonds is 8. The van der Waals surface area contributed by atoms with Gasteiger partial charge in [-0.15, -0.1) is 24.0 Å². The molecule has 2 heterocycles. The molecule has 1 aromatic heterocycles. The van der Waals surface area contributed by atoms with Crippen molar-refractivity contribution in [3.8, 4) is 0 Å². The molecule has 0 aliphatic carbocycles. The predicted octanol–water partition coefficient (Wildman–Crippen LogP) is 3.14. The lowest BCUT2D eigenvalue weighted by atomic mass is 10.1. The fraction of sp³-hybridized carbons (Fsp3) is 0.545. The van der Waals surface area contributed by atoms with Gasteiger partial charge in [-0.3, -0.25) is 14.7 Å². The largest absolute Gasteiger partial charge is 0.361 e. The van der Waals surface area contributed by atoms with Crippen molar-refractivity contribution in [3.63, 3.8) is 0 Å². The number of likely N-dealkylation sites (tertiary alicyclic amines) is 1. The van der Waals surface area contributed by atoms with E-state index in [9.17, 15) is 4.79 Å². The zero-order valence-electron chi connectivity index (χ0n) is 18.3. The van der Waals surface area contributed by atoms with Crippen molar-refractivity contribution < 1.29 is 4.79 Å². The van der Waals surface area contributed by atoms with Crippen molar-refractivity contribution in [2.24, 2.45) is 4.99 Å². The average molecular weight is 561 g/mol. The van der Waals surface area contributed by atoms with Crippen LogP contribution in [0.15, 0.2) is 29.4 Å². The SMILES string of the molecule is CCCNC(=O)CN1CCC(NC(=NC)NCCc2c[nH]c3ccc(Cl)cc23)CC1.I. The Hall–Kier alpha value is -1.52. The number of nitrogens with one attached hydrogen (secondary N) is 4. The normalized spacial score (nSPS) is 15.5. The van der Waals surface area contributed by atoms with Crippen LogP contribution in [0, 0.1) is 0 Å². The zero-order chi connectivity index (χ0) is 21.3. The van der Waals surface area contributed by atoms with E-state index in [-0.39, 0.29) is 29.9 Å². The highest BCUT2D eigenvalue weighted by Gasteiger charge is 2.21. The fourth-order valence-electron chi connectivity index (χ4n) is 3.82. The molecule has 0 spiro atoms. The number of halogens is 2. The van der Waals surface area contributed by atoms with Crippen LogP contribution < -0.4 is 16.0 Å². The van der Waals surface area contributed by atoms with Crippen LogP contribution in [0.25, 0.3) is 10.9 Å². The van der Waals surface area contributed by atoms with Gasteiger partial charge in [0.15, 0.2) is 5.96 Å². The molecular weight excluding hydrogens is 527 g/mol. The Labute approximate surface area is 206 Å². The van der Waals surface area contributed by atoms with Gasteiger partial charge in [0, 0.05) is 61.4 Å². The highest BCUT2D eigenvalue weighted by molar-refractivity contribution is 14.0. The number of carbonyl (C=O) groups excluding carboxylic acids is 1. The Morgan fingerprint density at radius 1 is 1.26 bits per heavy atom. The summed E-state index contributed by atoms with van der Waals surface area (Å²) in [6.07, 6.45) is 5.90. The molecule has 0 saturated carbocycles. The number of H-pyrrole nitrogens is 1. The van der Waals surface area contributed by atoms with Gasteiger partial charge in [0.25, 0.3) is 0 Å². The number of hydrogen-bond acceptors (Lipinski definition) is 3. The molecule has 1 fully saturated rings. The minimum absolute atomic E-state index is 0. The van der Waals surface area contributed by atoms with Crippen LogP contribution in [-0.2, 0) is 11.2 Å². The van der Waals surface area contributed by atoms with Gasteiger partial charge in [0.2, 0.25) is 5.91 Å². The van der Waals surface area contributed by atoms with E-state index in [1.807, 2.05) is 24.4 Å². The molecule has 0 bridgehead atoms. The lowest BCUT2D eigenvalue weighted by molar-refractivity contribution is -0.122. The van der Waals surface area contributed by atoms with Crippen LogP contribution in [0.3, 0.4) is 0 Å².